The number of carbonyl (C=O) groups is 2. The molecular formula is C22H26ClN3O3. The molecule has 0 radical (unpaired) electrons. The van der Waals surface area contributed by atoms with Gasteiger partial charge in [0.2, 0.25) is 5.91 Å². The maximum Gasteiger partial charge on any atom is 0.255 e. The number of methoxy groups -OCH3 is 1. The third-order valence-electron chi connectivity index (χ3n) is 4.96. The summed E-state index contributed by atoms with van der Waals surface area (Å²) in [5.41, 5.74) is 2.04. The Balaban J connectivity index is 1.65. The first-order valence-corrected chi connectivity index (χ1v) is 10.1. The molecule has 1 aliphatic heterocycles. The first-order chi connectivity index (χ1) is 13.9. The number of rotatable bonds is 5. The highest BCUT2D eigenvalue weighted by atomic mass is 35.5. The van der Waals surface area contributed by atoms with Crippen LogP contribution in [0.1, 0.15) is 24.2 Å². The van der Waals surface area contributed by atoms with Gasteiger partial charge in [0.25, 0.3) is 5.91 Å². The van der Waals surface area contributed by atoms with E-state index in [2.05, 4.69) is 10.2 Å². The highest BCUT2D eigenvalue weighted by Gasteiger charge is 2.24. The van der Waals surface area contributed by atoms with Gasteiger partial charge in [-0.3, -0.25) is 9.59 Å². The molecule has 1 aliphatic rings. The molecule has 0 aromatic heterocycles. The van der Waals surface area contributed by atoms with Crippen molar-refractivity contribution in [2.75, 3.05) is 43.5 Å². The molecule has 0 spiro atoms. The number of nitrogens with zero attached hydrogens (tertiary/aromatic N) is 2. The molecule has 1 heterocycles. The molecule has 1 saturated heterocycles. The molecule has 154 valence electrons. The Morgan fingerprint density at radius 2 is 1.79 bits per heavy atom. The minimum Gasteiger partial charge on any atom is -0.497 e. The van der Waals surface area contributed by atoms with Crippen molar-refractivity contribution in [3.63, 3.8) is 0 Å². The molecule has 3 rings (SSSR count). The molecule has 0 atom stereocenters. The monoisotopic (exact) mass is 415 g/mol. The molecule has 0 saturated carbocycles. The number of amides is 2. The van der Waals surface area contributed by atoms with E-state index in [9.17, 15) is 9.59 Å². The van der Waals surface area contributed by atoms with E-state index in [1.807, 2.05) is 30.9 Å². The molecule has 0 aliphatic carbocycles. The molecule has 29 heavy (non-hydrogen) atoms. The number of benzene rings is 2. The summed E-state index contributed by atoms with van der Waals surface area (Å²) in [4.78, 5) is 28.7. The van der Waals surface area contributed by atoms with Crippen molar-refractivity contribution >= 4 is 34.8 Å². The quantitative estimate of drug-likeness (QED) is 0.804. The standard InChI is InChI=1S/C22H26ClN3O3/c1-15(2)22(28)26-11-9-25(10-12-26)20-8-7-17(14-19(20)23)24-21(27)16-5-4-6-18(13-16)29-3/h4-8,13-15H,9-12H2,1-3H3,(H,24,27). The highest BCUT2D eigenvalue weighted by Crippen LogP contribution is 2.30. The summed E-state index contributed by atoms with van der Waals surface area (Å²) in [6, 6.07) is 12.5. The van der Waals surface area contributed by atoms with E-state index in [0.717, 1.165) is 18.8 Å². The van der Waals surface area contributed by atoms with Crippen LogP contribution in [0.4, 0.5) is 11.4 Å². The summed E-state index contributed by atoms with van der Waals surface area (Å²) in [6.45, 7) is 6.67. The molecule has 6 nitrogen and oxygen atoms in total. The number of nitrogens with one attached hydrogen (secondary N) is 1. The Labute approximate surface area is 176 Å². The lowest BCUT2D eigenvalue weighted by Gasteiger charge is -2.37. The zero-order chi connectivity index (χ0) is 21.0. The number of anilines is 2. The summed E-state index contributed by atoms with van der Waals surface area (Å²) < 4.78 is 5.16. The zero-order valence-corrected chi connectivity index (χ0v) is 17.7. The summed E-state index contributed by atoms with van der Waals surface area (Å²) in [5, 5.41) is 3.43. The van der Waals surface area contributed by atoms with Crippen molar-refractivity contribution in [3.05, 3.63) is 53.1 Å². The van der Waals surface area contributed by atoms with Crippen molar-refractivity contribution in [1.29, 1.82) is 0 Å². The van der Waals surface area contributed by atoms with Crippen LogP contribution < -0.4 is 15.0 Å². The summed E-state index contributed by atoms with van der Waals surface area (Å²) in [7, 11) is 1.56. The SMILES string of the molecule is COc1cccc(C(=O)Nc2ccc(N3CCN(C(=O)C(C)C)CC3)c(Cl)c2)c1. The summed E-state index contributed by atoms with van der Waals surface area (Å²) in [6.07, 6.45) is 0. The van der Waals surface area contributed by atoms with Gasteiger partial charge in [-0.15, -0.1) is 0 Å². The first kappa shape index (κ1) is 21.0. The van der Waals surface area contributed by atoms with Crippen molar-refractivity contribution in [1.82, 2.24) is 4.90 Å². The third kappa shape index (κ3) is 5.01. The molecule has 7 heteroatoms. The third-order valence-corrected chi connectivity index (χ3v) is 5.27. The topological polar surface area (TPSA) is 61.9 Å². The van der Waals surface area contributed by atoms with Gasteiger partial charge in [0.05, 0.1) is 17.8 Å². The molecule has 2 aromatic rings. The minimum absolute atomic E-state index is 0.0117. The maximum absolute atomic E-state index is 12.5. The smallest absolute Gasteiger partial charge is 0.255 e. The Morgan fingerprint density at radius 1 is 1.07 bits per heavy atom. The lowest BCUT2D eigenvalue weighted by atomic mass is 10.1. The average molecular weight is 416 g/mol. The normalized spacial score (nSPS) is 14.1. The van der Waals surface area contributed by atoms with Gasteiger partial charge < -0.3 is 19.9 Å². The second-order valence-electron chi connectivity index (χ2n) is 7.32. The van der Waals surface area contributed by atoms with Crippen LogP contribution in [0.3, 0.4) is 0 Å². The van der Waals surface area contributed by atoms with Crippen molar-refractivity contribution in [2.45, 2.75) is 13.8 Å². The van der Waals surface area contributed by atoms with Crippen molar-refractivity contribution < 1.29 is 14.3 Å². The van der Waals surface area contributed by atoms with Crippen molar-refractivity contribution in [3.8, 4) is 5.75 Å². The van der Waals surface area contributed by atoms with E-state index in [-0.39, 0.29) is 17.7 Å². The van der Waals surface area contributed by atoms with Gasteiger partial charge >= 0.3 is 0 Å². The Kier molecular flexibility index (Phi) is 6.64. The predicted molar refractivity (Wildman–Crippen MR) is 116 cm³/mol. The summed E-state index contributed by atoms with van der Waals surface area (Å²) in [5.74, 6) is 0.596. The fourth-order valence-electron chi connectivity index (χ4n) is 3.34. The second kappa shape index (κ2) is 9.18. The van der Waals surface area contributed by atoms with Crippen LogP contribution in [0.2, 0.25) is 5.02 Å². The van der Waals surface area contributed by atoms with Crippen LogP contribution in [-0.4, -0.2) is 50.0 Å². The predicted octanol–water partition coefficient (Wildman–Crippen LogP) is 3.91. The number of ether oxygens (including phenoxy) is 1. The number of hydrogen-bond acceptors (Lipinski definition) is 4. The van der Waals surface area contributed by atoms with Gasteiger partial charge in [0, 0.05) is 43.3 Å². The molecule has 0 bridgehead atoms. The van der Waals surface area contributed by atoms with Crippen LogP contribution >= 0.6 is 11.6 Å². The Morgan fingerprint density at radius 3 is 2.41 bits per heavy atom. The van der Waals surface area contributed by atoms with Crippen LogP contribution in [0.5, 0.6) is 5.75 Å². The Bertz CT molecular complexity index is 893. The van der Waals surface area contributed by atoms with Gasteiger partial charge in [-0.25, -0.2) is 0 Å². The fourth-order valence-corrected chi connectivity index (χ4v) is 3.64. The molecule has 1 N–H and O–H groups in total. The molecule has 1 fully saturated rings. The maximum atomic E-state index is 12.5. The lowest BCUT2D eigenvalue weighted by molar-refractivity contribution is -0.134. The number of carbonyl (C=O) groups excluding carboxylic acids is 2. The average Bonchev–Trinajstić information content (AvgIpc) is 2.73. The molecule has 0 unspecified atom stereocenters. The largest absolute Gasteiger partial charge is 0.497 e. The minimum atomic E-state index is -0.228. The Hall–Kier alpha value is -2.73. The van der Waals surface area contributed by atoms with E-state index >= 15 is 0 Å². The van der Waals surface area contributed by atoms with E-state index in [0.29, 0.717) is 35.1 Å². The van der Waals surface area contributed by atoms with E-state index in [4.69, 9.17) is 16.3 Å². The van der Waals surface area contributed by atoms with Gasteiger partial charge in [0.1, 0.15) is 5.75 Å². The zero-order valence-electron chi connectivity index (χ0n) is 16.9. The molecule has 2 aromatic carbocycles. The number of piperazine rings is 1. The van der Waals surface area contributed by atoms with Gasteiger partial charge in [-0.1, -0.05) is 31.5 Å². The molecular weight excluding hydrogens is 390 g/mol. The van der Waals surface area contributed by atoms with E-state index in [1.54, 1.807) is 37.4 Å². The summed E-state index contributed by atoms with van der Waals surface area (Å²) >= 11 is 6.50. The highest BCUT2D eigenvalue weighted by molar-refractivity contribution is 6.33. The number of halogens is 1. The van der Waals surface area contributed by atoms with Crippen LogP contribution in [0.15, 0.2) is 42.5 Å². The van der Waals surface area contributed by atoms with E-state index < -0.39 is 0 Å². The second-order valence-corrected chi connectivity index (χ2v) is 7.73. The van der Waals surface area contributed by atoms with Crippen LogP contribution in [0, 0.1) is 5.92 Å². The lowest BCUT2D eigenvalue weighted by Crippen LogP contribution is -2.50. The van der Waals surface area contributed by atoms with Crippen LogP contribution in [0.25, 0.3) is 0 Å². The molecule has 2 amide bonds. The first-order valence-electron chi connectivity index (χ1n) is 9.67. The number of hydrogen-bond donors (Lipinski definition) is 1. The fraction of sp³-hybridized carbons (Fsp3) is 0.364. The van der Waals surface area contributed by atoms with Gasteiger partial charge in [-0.05, 0) is 36.4 Å². The van der Waals surface area contributed by atoms with E-state index in [1.165, 1.54) is 0 Å². The van der Waals surface area contributed by atoms with Crippen LogP contribution in [-0.2, 0) is 4.79 Å². The van der Waals surface area contributed by atoms with Crippen molar-refractivity contribution in [2.24, 2.45) is 5.92 Å². The van der Waals surface area contributed by atoms with Gasteiger partial charge in [-0.2, -0.15) is 0 Å². The van der Waals surface area contributed by atoms with Gasteiger partial charge in [0.15, 0.2) is 0 Å².